The molecule has 1 fully saturated rings. The molecule has 0 N–H and O–H groups in total. The number of hydrogen-bond donors (Lipinski definition) is 0. The molecule has 0 unspecified atom stereocenters. The van der Waals surface area contributed by atoms with Crippen molar-refractivity contribution in [2.75, 3.05) is 31.9 Å². The second kappa shape index (κ2) is 5.80. The summed E-state index contributed by atoms with van der Waals surface area (Å²) in [5.41, 5.74) is 0.610. The zero-order chi connectivity index (χ0) is 14.8. The van der Waals surface area contributed by atoms with E-state index in [2.05, 4.69) is 6.58 Å². The van der Waals surface area contributed by atoms with E-state index in [0.29, 0.717) is 31.8 Å². The van der Waals surface area contributed by atoms with Gasteiger partial charge in [0.2, 0.25) is 10.0 Å². The van der Waals surface area contributed by atoms with Crippen LogP contribution in [0.3, 0.4) is 0 Å². The molecule has 1 aromatic rings. The largest absolute Gasteiger partial charge is 0.459 e. The van der Waals surface area contributed by atoms with E-state index in [1.54, 1.807) is 24.0 Å². The third-order valence-electron chi connectivity index (χ3n) is 3.08. The van der Waals surface area contributed by atoms with Crippen LogP contribution in [0.2, 0.25) is 0 Å². The van der Waals surface area contributed by atoms with Gasteiger partial charge in [0.15, 0.2) is 5.76 Å². The zero-order valence-corrected chi connectivity index (χ0v) is 12.2. The first-order valence-corrected chi connectivity index (χ1v) is 7.96. The molecule has 1 aromatic heterocycles. The van der Waals surface area contributed by atoms with Crippen molar-refractivity contribution in [2.45, 2.75) is 6.92 Å². The van der Waals surface area contributed by atoms with Crippen molar-refractivity contribution < 1.29 is 17.6 Å². The van der Waals surface area contributed by atoms with Crippen molar-refractivity contribution in [3.05, 3.63) is 36.3 Å². The zero-order valence-electron chi connectivity index (χ0n) is 11.4. The van der Waals surface area contributed by atoms with Gasteiger partial charge in [-0.3, -0.25) is 4.79 Å². The molecule has 1 amide bonds. The molecule has 0 radical (unpaired) electrons. The van der Waals surface area contributed by atoms with Gasteiger partial charge < -0.3 is 9.32 Å². The van der Waals surface area contributed by atoms with Gasteiger partial charge in [-0.2, -0.15) is 4.31 Å². The van der Waals surface area contributed by atoms with Gasteiger partial charge in [-0.25, -0.2) is 8.42 Å². The van der Waals surface area contributed by atoms with Crippen LogP contribution in [0.25, 0.3) is 0 Å². The van der Waals surface area contributed by atoms with Gasteiger partial charge in [-0.05, 0) is 19.1 Å². The number of sulfonamides is 1. The monoisotopic (exact) mass is 298 g/mol. The summed E-state index contributed by atoms with van der Waals surface area (Å²) in [7, 11) is -3.31. The Morgan fingerprint density at radius 3 is 2.50 bits per heavy atom. The predicted octanol–water partition coefficient (Wildman–Crippen LogP) is 0.943. The Balaban J connectivity index is 1.96. The van der Waals surface area contributed by atoms with E-state index in [9.17, 15) is 13.2 Å². The Labute approximate surface area is 118 Å². The standard InChI is InChI=1S/C13H18N2O4S/c1-11(2)10-20(17,18)15-7-5-14(6-8-15)13(16)12-4-3-9-19-12/h3-4,9H,1,5-8,10H2,2H3. The Hall–Kier alpha value is -1.60. The van der Waals surface area contributed by atoms with E-state index in [1.165, 1.54) is 10.6 Å². The van der Waals surface area contributed by atoms with Gasteiger partial charge in [0.25, 0.3) is 5.91 Å². The number of amides is 1. The molecule has 6 nitrogen and oxygen atoms in total. The summed E-state index contributed by atoms with van der Waals surface area (Å²) >= 11 is 0. The lowest BCUT2D eigenvalue weighted by atomic mass is 10.3. The fourth-order valence-electron chi connectivity index (χ4n) is 2.13. The van der Waals surface area contributed by atoms with Crippen LogP contribution in [0.5, 0.6) is 0 Å². The van der Waals surface area contributed by atoms with Gasteiger partial charge in [0, 0.05) is 26.2 Å². The number of furan rings is 1. The van der Waals surface area contributed by atoms with Crippen LogP contribution in [-0.4, -0.2) is 55.5 Å². The lowest BCUT2D eigenvalue weighted by Gasteiger charge is -2.33. The van der Waals surface area contributed by atoms with Crippen molar-refractivity contribution in [3.63, 3.8) is 0 Å². The minimum absolute atomic E-state index is 0.0425. The highest BCUT2D eigenvalue weighted by atomic mass is 32.2. The van der Waals surface area contributed by atoms with Crippen LogP contribution in [0.15, 0.2) is 35.0 Å². The van der Waals surface area contributed by atoms with E-state index >= 15 is 0 Å². The van der Waals surface area contributed by atoms with Gasteiger partial charge in [-0.1, -0.05) is 12.2 Å². The summed E-state index contributed by atoms with van der Waals surface area (Å²) < 4.78 is 30.6. The molecule has 2 heterocycles. The summed E-state index contributed by atoms with van der Waals surface area (Å²) in [6, 6.07) is 3.26. The summed E-state index contributed by atoms with van der Waals surface area (Å²) in [5.74, 6) is 0.0364. The first kappa shape index (κ1) is 14.8. The van der Waals surface area contributed by atoms with E-state index in [4.69, 9.17) is 4.42 Å². The topological polar surface area (TPSA) is 70.8 Å². The second-order valence-electron chi connectivity index (χ2n) is 4.88. The molecule has 0 aliphatic carbocycles. The maximum absolute atomic E-state index is 12.0. The molecular weight excluding hydrogens is 280 g/mol. The summed E-state index contributed by atoms with van der Waals surface area (Å²) in [5, 5.41) is 0. The van der Waals surface area contributed by atoms with Crippen LogP contribution < -0.4 is 0 Å². The van der Waals surface area contributed by atoms with E-state index in [0.717, 1.165) is 0 Å². The minimum atomic E-state index is -3.31. The van der Waals surface area contributed by atoms with E-state index in [-0.39, 0.29) is 17.4 Å². The molecule has 20 heavy (non-hydrogen) atoms. The Morgan fingerprint density at radius 1 is 1.35 bits per heavy atom. The minimum Gasteiger partial charge on any atom is -0.459 e. The number of carbonyl (C=O) groups excluding carboxylic acids is 1. The highest BCUT2D eigenvalue weighted by molar-refractivity contribution is 7.89. The molecule has 7 heteroatoms. The number of nitrogens with zero attached hydrogens (tertiary/aromatic N) is 2. The molecule has 0 bridgehead atoms. The molecule has 0 atom stereocenters. The molecule has 1 aliphatic rings. The van der Waals surface area contributed by atoms with Crippen LogP contribution in [-0.2, 0) is 10.0 Å². The lowest BCUT2D eigenvalue weighted by molar-refractivity contribution is 0.0666. The number of rotatable bonds is 4. The fourth-order valence-corrected chi connectivity index (χ4v) is 3.65. The fraction of sp³-hybridized carbons (Fsp3) is 0.462. The third kappa shape index (κ3) is 3.29. The highest BCUT2D eigenvalue weighted by Gasteiger charge is 2.29. The molecule has 110 valence electrons. The molecule has 0 saturated carbocycles. The molecule has 0 spiro atoms. The quantitative estimate of drug-likeness (QED) is 0.776. The van der Waals surface area contributed by atoms with Gasteiger partial charge in [0.1, 0.15) is 0 Å². The Kier molecular flexibility index (Phi) is 4.29. The average molecular weight is 298 g/mol. The molecule has 1 aliphatic heterocycles. The van der Waals surface area contributed by atoms with Crippen molar-refractivity contribution in [1.29, 1.82) is 0 Å². The van der Waals surface area contributed by atoms with Crippen LogP contribution in [0, 0.1) is 0 Å². The van der Waals surface area contributed by atoms with Crippen molar-refractivity contribution in [1.82, 2.24) is 9.21 Å². The van der Waals surface area contributed by atoms with E-state index in [1.807, 2.05) is 0 Å². The van der Waals surface area contributed by atoms with Gasteiger partial charge >= 0.3 is 0 Å². The molecule has 0 aromatic carbocycles. The van der Waals surface area contributed by atoms with Crippen LogP contribution >= 0.6 is 0 Å². The molecule has 1 saturated heterocycles. The summed E-state index contributed by atoms with van der Waals surface area (Å²) in [4.78, 5) is 13.6. The van der Waals surface area contributed by atoms with Gasteiger partial charge in [0.05, 0.1) is 12.0 Å². The van der Waals surface area contributed by atoms with Gasteiger partial charge in [-0.15, -0.1) is 0 Å². The van der Waals surface area contributed by atoms with Crippen molar-refractivity contribution in [3.8, 4) is 0 Å². The number of carbonyl (C=O) groups is 1. The number of piperazine rings is 1. The lowest BCUT2D eigenvalue weighted by Crippen LogP contribution is -2.51. The first-order chi connectivity index (χ1) is 9.40. The smallest absolute Gasteiger partial charge is 0.289 e. The maximum atomic E-state index is 12.0. The molecular formula is C13H18N2O4S. The van der Waals surface area contributed by atoms with Crippen molar-refractivity contribution >= 4 is 15.9 Å². The van der Waals surface area contributed by atoms with E-state index < -0.39 is 10.0 Å². The normalized spacial score (nSPS) is 17.1. The van der Waals surface area contributed by atoms with Crippen molar-refractivity contribution in [2.24, 2.45) is 0 Å². The summed E-state index contributed by atoms with van der Waals surface area (Å²) in [6.07, 6.45) is 1.45. The van der Waals surface area contributed by atoms with Crippen LogP contribution in [0.4, 0.5) is 0 Å². The molecule has 2 rings (SSSR count). The third-order valence-corrected chi connectivity index (χ3v) is 5.09. The predicted molar refractivity (Wildman–Crippen MR) is 74.8 cm³/mol. The highest BCUT2D eigenvalue weighted by Crippen LogP contribution is 2.13. The average Bonchev–Trinajstić information content (AvgIpc) is 2.90. The van der Waals surface area contributed by atoms with Crippen LogP contribution in [0.1, 0.15) is 17.5 Å². The summed E-state index contributed by atoms with van der Waals surface area (Å²) in [6.45, 7) is 6.67. The second-order valence-corrected chi connectivity index (χ2v) is 6.85. The maximum Gasteiger partial charge on any atom is 0.289 e. The SMILES string of the molecule is C=C(C)CS(=O)(=O)N1CCN(C(=O)c2ccco2)CC1. The Morgan fingerprint density at radius 2 is 2.00 bits per heavy atom. The Bertz CT molecular complexity index is 584. The number of hydrogen-bond acceptors (Lipinski definition) is 4. The first-order valence-electron chi connectivity index (χ1n) is 6.35.